The summed E-state index contributed by atoms with van der Waals surface area (Å²) in [5, 5.41) is 6.60. The Hall–Kier alpha value is -3.72. The van der Waals surface area contributed by atoms with Gasteiger partial charge in [0.25, 0.3) is 0 Å². The van der Waals surface area contributed by atoms with Crippen molar-refractivity contribution < 1.29 is 0 Å². The first kappa shape index (κ1) is 15.5. The van der Waals surface area contributed by atoms with Gasteiger partial charge in [0.1, 0.15) is 5.69 Å². The molecule has 3 nitrogen and oxygen atoms in total. The Labute approximate surface area is 156 Å². The third-order valence-electron chi connectivity index (χ3n) is 4.98. The molecule has 5 aromatic rings. The van der Waals surface area contributed by atoms with Gasteiger partial charge in [0.15, 0.2) is 0 Å². The van der Waals surface area contributed by atoms with E-state index in [1.54, 1.807) is 0 Å². The molecule has 0 atom stereocenters. The summed E-state index contributed by atoms with van der Waals surface area (Å²) < 4.78 is 2.12. The summed E-state index contributed by atoms with van der Waals surface area (Å²) in [5.41, 5.74) is 4.25. The van der Waals surface area contributed by atoms with Gasteiger partial charge in [0, 0.05) is 16.6 Å². The van der Waals surface area contributed by atoms with Crippen LogP contribution in [0.2, 0.25) is 0 Å². The van der Waals surface area contributed by atoms with Crippen LogP contribution in [0.5, 0.6) is 0 Å². The SMILES string of the molecule is O=Nc1c(-c2ccc3ccccc3c2)n(-c2ccccc2)c2ccccc12. The van der Waals surface area contributed by atoms with Crippen molar-refractivity contribution in [3.63, 3.8) is 0 Å². The Bertz CT molecular complexity index is 1290. The van der Waals surface area contributed by atoms with Gasteiger partial charge >= 0.3 is 0 Å². The molecule has 0 aliphatic carbocycles. The van der Waals surface area contributed by atoms with Crippen LogP contribution < -0.4 is 0 Å². The highest BCUT2D eigenvalue weighted by Gasteiger charge is 2.20. The van der Waals surface area contributed by atoms with Crippen molar-refractivity contribution in [3.05, 3.63) is 102 Å². The summed E-state index contributed by atoms with van der Waals surface area (Å²) in [6, 6.07) is 32.5. The zero-order chi connectivity index (χ0) is 18.2. The molecule has 3 heteroatoms. The molecule has 0 amide bonds. The second-order valence-corrected chi connectivity index (χ2v) is 6.54. The van der Waals surface area contributed by atoms with E-state index in [0.29, 0.717) is 5.69 Å². The first-order valence-corrected chi connectivity index (χ1v) is 8.88. The maximum atomic E-state index is 11.9. The first-order chi connectivity index (χ1) is 13.4. The molecule has 128 valence electrons. The van der Waals surface area contributed by atoms with Crippen LogP contribution in [-0.2, 0) is 0 Å². The van der Waals surface area contributed by atoms with Crippen molar-refractivity contribution in [2.75, 3.05) is 0 Å². The molecule has 0 saturated heterocycles. The average Bonchev–Trinajstić information content (AvgIpc) is 3.08. The van der Waals surface area contributed by atoms with Gasteiger partial charge in [-0.25, -0.2) is 0 Å². The van der Waals surface area contributed by atoms with Gasteiger partial charge in [0.05, 0.1) is 11.2 Å². The van der Waals surface area contributed by atoms with E-state index in [4.69, 9.17) is 0 Å². The fourth-order valence-electron chi connectivity index (χ4n) is 3.76. The molecule has 0 spiro atoms. The molecule has 27 heavy (non-hydrogen) atoms. The summed E-state index contributed by atoms with van der Waals surface area (Å²) >= 11 is 0. The van der Waals surface area contributed by atoms with Crippen LogP contribution in [0.15, 0.2) is 102 Å². The molecule has 0 aliphatic rings. The van der Waals surface area contributed by atoms with Gasteiger partial charge in [0.2, 0.25) is 0 Å². The van der Waals surface area contributed by atoms with Crippen molar-refractivity contribution in [1.29, 1.82) is 0 Å². The molecule has 4 aromatic carbocycles. The Kier molecular flexibility index (Phi) is 3.58. The summed E-state index contributed by atoms with van der Waals surface area (Å²) in [6.45, 7) is 0. The van der Waals surface area contributed by atoms with Crippen LogP contribution in [0.25, 0.3) is 38.6 Å². The highest BCUT2D eigenvalue weighted by Crippen LogP contribution is 2.42. The molecule has 0 saturated carbocycles. The maximum Gasteiger partial charge on any atom is 0.141 e. The van der Waals surface area contributed by atoms with Gasteiger partial charge < -0.3 is 4.57 Å². The minimum Gasteiger partial charge on any atom is -0.307 e. The zero-order valence-corrected chi connectivity index (χ0v) is 14.5. The third-order valence-corrected chi connectivity index (χ3v) is 4.98. The van der Waals surface area contributed by atoms with E-state index >= 15 is 0 Å². The molecule has 0 unspecified atom stereocenters. The van der Waals surface area contributed by atoms with Gasteiger partial charge in [-0.2, -0.15) is 0 Å². The number of fused-ring (bicyclic) bond motifs is 2. The quantitative estimate of drug-likeness (QED) is 0.328. The summed E-state index contributed by atoms with van der Waals surface area (Å²) in [7, 11) is 0. The highest BCUT2D eigenvalue weighted by atomic mass is 16.3. The predicted molar refractivity (Wildman–Crippen MR) is 112 cm³/mol. The molecular weight excluding hydrogens is 332 g/mol. The van der Waals surface area contributed by atoms with Crippen molar-refractivity contribution in [2.24, 2.45) is 5.18 Å². The Balaban J connectivity index is 1.91. The Morgan fingerprint density at radius 1 is 0.667 bits per heavy atom. The smallest absolute Gasteiger partial charge is 0.141 e. The van der Waals surface area contributed by atoms with Gasteiger partial charge in [-0.3, -0.25) is 0 Å². The van der Waals surface area contributed by atoms with E-state index in [1.807, 2.05) is 66.7 Å². The molecule has 1 heterocycles. The fourth-order valence-corrected chi connectivity index (χ4v) is 3.76. The standard InChI is InChI=1S/C24H16N2O/c27-25-23-21-12-6-7-13-22(21)26(20-10-2-1-3-11-20)24(23)19-15-14-17-8-4-5-9-18(17)16-19/h1-16H. The van der Waals surface area contributed by atoms with Gasteiger partial charge in [-0.05, 0) is 40.2 Å². The highest BCUT2D eigenvalue weighted by molar-refractivity contribution is 6.03. The van der Waals surface area contributed by atoms with E-state index in [9.17, 15) is 4.91 Å². The topological polar surface area (TPSA) is 34.4 Å². The lowest BCUT2D eigenvalue weighted by atomic mass is 10.0. The number of hydrogen-bond acceptors (Lipinski definition) is 2. The van der Waals surface area contributed by atoms with Crippen LogP contribution in [0.3, 0.4) is 0 Å². The lowest BCUT2D eigenvalue weighted by Crippen LogP contribution is -1.96. The predicted octanol–water partition coefficient (Wildman–Crippen LogP) is 6.85. The molecule has 1 aromatic heterocycles. The molecule has 0 radical (unpaired) electrons. The molecule has 5 rings (SSSR count). The van der Waals surface area contributed by atoms with Crippen molar-refractivity contribution in [2.45, 2.75) is 0 Å². The largest absolute Gasteiger partial charge is 0.307 e. The average molecular weight is 348 g/mol. The van der Waals surface area contributed by atoms with Crippen molar-refractivity contribution in [3.8, 4) is 16.9 Å². The fraction of sp³-hybridized carbons (Fsp3) is 0. The number of aromatic nitrogens is 1. The number of hydrogen-bond donors (Lipinski definition) is 0. The number of nitrogens with zero attached hydrogens (tertiary/aromatic N) is 2. The third kappa shape index (κ3) is 2.44. The molecule has 0 fully saturated rings. The van der Waals surface area contributed by atoms with Gasteiger partial charge in [-0.15, -0.1) is 4.91 Å². The number of nitroso groups, excluding NO2 is 1. The lowest BCUT2D eigenvalue weighted by Gasteiger charge is -2.12. The second kappa shape index (κ2) is 6.22. The molecule has 0 aliphatic heterocycles. The van der Waals surface area contributed by atoms with E-state index in [0.717, 1.165) is 33.2 Å². The van der Waals surface area contributed by atoms with Crippen molar-refractivity contribution in [1.82, 2.24) is 4.57 Å². The minimum absolute atomic E-state index is 0.477. The van der Waals surface area contributed by atoms with Crippen LogP contribution in [0.1, 0.15) is 0 Å². The van der Waals surface area contributed by atoms with E-state index in [2.05, 4.69) is 40.1 Å². The number of rotatable bonds is 3. The van der Waals surface area contributed by atoms with Crippen molar-refractivity contribution >= 4 is 27.4 Å². The molecule has 0 bridgehead atoms. The number of benzene rings is 4. The summed E-state index contributed by atoms with van der Waals surface area (Å²) in [5.74, 6) is 0. The lowest BCUT2D eigenvalue weighted by molar-refractivity contribution is 1.13. The van der Waals surface area contributed by atoms with E-state index < -0.39 is 0 Å². The summed E-state index contributed by atoms with van der Waals surface area (Å²) in [4.78, 5) is 11.9. The van der Waals surface area contributed by atoms with Crippen LogP contribution >= 0.6 is 0 Å². The Morgan fingerprint density at radius 3 is 2.19 bits per heavy atom. The normalized spacial score (nSPS) is 11.1. The van der Waals surface area contributed by atoms with Crippen LogP contribution in [-0.4, -0.2) is 4.57 Å². The van der Waals surface area contributed by atoms with Gasteiger partial charge in [-0.1, -0.05) is 72.8 Å². The van der Waals surface area contributed by atoms with E-state index in [-0.39, 0.29) is 0 Å². The van der Waals surface area contributed by atoms with Crippen LogP contribution in [0, 0.1) is 4.91 Å². The maximum absolute atomic E-state index is 11.9. The first-order valence-electron chi connectivity index (χ1n) is 8.88. The zero-order valence-electron chi connectivity index (χ0n) is 14.5. The number of para-hydroxylation sites is 2. The van der Waals surface area contributed by atoms with Crippen LogP contribution in [0.4, 0.5) is 5.69 Å². The monoisotopic (exact) mass is 348 g/mol. The summed E-state index contributed by atoms with van der Waals surface area (Å²) in [6.07, 6.45) is 0. The minimum atomic E-state index is 0.477. The molecular formula is C24H16N2O. The molecule has 0 N–H and O–H groups in total. The van der Waals surface area contributed by atoms with E-state index in [1.165, 1.54) is 5.39 Å². The second-order valence-electron chi connectivity index (χ2n) is 6.54. The Morgan fingerprint density at radius 2 is 1.37 bits per heavy atom.